The zero-order valence-corrected chi connectivity index (χ0v) is 16.5. The van der Waals surface area contributed by atoms with Crippen LogP contribution in [0.25, 0.3) is 17.1 Å². The van der Waals surface area contributed by atoms with Crippen molar-refractivity contribution in [1.29, 1.82) is 0 Å². The van der Waals surface area contributed by atoms with Gasteiger partial charge in [0.1, 0.15) is 12.7 Å². The molecule has 152 valence electrons. The normalized spacial score (nSPS) is 10.7. The lowest BCUT2D eigenvalue weighted by Gasteiger charge is -2.07. The van der Waals surface area contributed by atoms with Gasteiger partial charge in [-0.25, -0.2) is 9.67 Å². The first-order chi connectivity index (χ1) is 14.7. The zero-order chi connectivity index (χ0) is 20.8. The van der Waals surface area contributed by atoms with Gasteiger partial charge in [0.05, 0.1) is 12.2 Å². The lowest BCUT2D eigenvalue weighted by Crippen LogP contribution is -2.32. The molecule has 4 rings (SSSR count). The van der Waals surface area contributed by atoms with Crippen LogP contribution in [0, 0.1) is 0 Å². The standard InChI is InChI=1S/C19H17N7O3S/c27-16(5-6-18-24-19(25-29-18)13-7-8-30-10-13)21-9-17(28)23-14-1-3-15(4-2-14)26-12-20-11-22-26/h1-4,7-8,10-12H,5-6,9H2,(H,21,27)(H,23,28). The molecule has 0 spiro atoms. The van der Waals surface area contributed by atoms with Gasteiger partial charge in [0, 0.05) is 29.5 Å². The van der Waals surface area contributed by atoms with E-state index in [1.165, 1.54) is 6.33 Å². The van der Waals surface area contributed by atoms with E-state index in [1.54, 1.807) is 46.6 Å². The summed E-state index contributed by atoms with van der Waals surface area (Å²) in [5, 5.41) is 17.1. The summed E-state index contributed by atoms with van der Waals surface area (Å²) in [6.45, 7) is -0.131. The van der Waals surface area contributed by atoms with Crippen LogP contribution in [0.5, 0.6) is 0 Å². The van der Waals surface area contributed by atoms with Gasteiger partial charge in [-0.05, 0) is 35.7 Å². The number of benzene rings is 1. The fraction of sp³-hybridized carbons (Fsp3) is 0.158. The molecule has 0 aliphatic carbocycles. The molecule has 0 radical (unpaired) electrons. The van der Waals surface area contributed by atoms with Gasteiger partial charge in [0.2, 0.25) is 23.5 Å². The van der Waals surface area contributed by atoms with Crippen molar-refractivity contribution < 1.29 is 14.1 Å². The number of amides is 2. The third-order valence-corrected chi connectivity index (χ3v) is 4.78. The Morgan fingerprint density at radius 2 is 2.00 bits per heavy atom. The molecule has 0 saturated heterocycles. The first-order valence-corrected chi connectivity index (χ1v) is 9.98. The number of anilines is 1. The van der Waals surface area contributed by atoms with E-state index < -0.39 is 0 Å². The van der Waals surface area contributed by atoms with Crippen molar-refractivity contribution in [2.75, 3.05) is 11.9 Å². The number of carbonyl (C=O) groups excluding carboxylic acids is 2. The fourth-order valence-electron chi connectivity index (χ4n) is 2.60. The Bertz CT molecular complexity index is 1110. The molecule has 0 aliphatic rings. The van der Waals surface area contributed by atoms with E-state index >= 15 is 0 Å². The molecule has 4 aromatic rings. The van der Waals surface area contributed by atoms with E-state index in [0.717, 1.165) is 11.3 Å². The van der Waals surface area contributed by atoms with Gasteiger partial charge in [0.15, 0.2) is 0 Å². The summed E-state index contributed by atoms with van der Waals surface area (Å²) in [5.74, 6) is 0.278. The number of aryl methyl sites for hydroxylation is 1. The molecule has 11 heteroatoms. The first kappa shape index (κ1) is 19.5. The molecular weight excluding hydrogens is 406 g/mol. The summed E-state index contributed by atoms with van der Waals surface area (Å²) in [7, 11) is 0. The number of hydrogen-bond acceptors (Lipinski definition) is 8. The van der Waals surface area contributed by atoms with Crippen LogP contribution in [0.15, 0.2) is 58.3 Å². The second-order valence-corrected chi connectivity index (χ2v) is 7.02. The van der Waals surface area contributed by atoms with Crippen molar-refractivity contribution in [2.24, 2.45) is 0 Å². The van der Waals surface area contributed by atoms with Crippen molar-refractivity contribution in [1.82, 2.24) is 30.2 Å². The highest BCUT2D eigenvalue weighted by Gasteiger charge is 2.12. The Hall–Kier alpha value is -3.86. The van der Waals surface area contributed by atoms with Crippen LogP contribution in [0.2, 0.25) is 0 Å². The number of carbonyl (C=O) groups is 2. The highest BCUT2D eigenvalue weighted by molar-refractivity contribution is 7.08. The summed E-state index contributed by atoms with van der Waals surface area (Å²) in [6.07, 6.45) is 3.47. The minimum atomic E-state index is -0.325. The molecule has 0 aliphatic heterocycles. The van der Waals surface area contributed by atoms with Crippen molar-refractivity contribution >= 4 is 28.8 Å². The maximum atomic E-state index is 12.0. The molecule has 3 heterocycles. The number of nitrogens with one attached hydrogen (secondary N) is 2. The summed E-state index contributed by atoms with van der Waals surface area (Å²) in [5.41, 5.74) is 2.32. The average Bonchev–Trinajstić information content (AvgIpc) is 3.53. The van der Waals surface area contributed by atoms with E-state index in [-0.39, 0.29) is 24.8 Å². The van der Waals surface area contributed by atoms with Crippen LogP contribution in [0.4, 0.5) is 5.69 Å². The Kier molecular flexibility index (Phi) is 5.90. The Morgan fingerprint density at radius 1 is 1.13 bits per heavy atom. The molecule has 3 aromatic heterocycles. The van der Waals surface area contributed by atoms with Crippen LogP contribution in [-0.4, -0.2) is 43.3 Å². The molecule has 2 N–H and O–H groups in total. The summed E-state index contributed by atoms with van der Waals surface area (Å²) >= 11 is 1.54. The summed E-state index contributed by atoms with van der Waals surface area (Å²) in [4.78, 5) is 32.2. The van der Waals surface area contributed by atoms with Crippen LogP contribution in [-0.2, 0) is 16.0 Å². The van der Waals surface area contributed by atoms with Crippen LogP contribution < -0.4 is 10.6 Å². The number of thiophene rings is 1. The van der Waals surface area contributed by atoms with Crippen LogP contribution in [0.3, 0.4) is 0 Å². The number of hydrogen-bond donors (Lipinski definition) is 2. The molecule has 2 amide bonds. The van der Waals surface area contributed by atoms with Gasteiger partial charge < -0.3 is 15.2 Å². The summed E-state index contributed by atoms with van der Waals surface area (Å²) in [6, 6.07) is 9.00. The van der Waals surface area contributed by atoms with Gasteiger partial charge in [-0.1, -0.05) is 5.16 Å². The molecule has 10 nitrogen and oxygen atoms in total. The quantitative estimate of drug-likeness (QED) is 0.444. The molecule has 0 unspecified atom stereocenters. The third kappa shape index (κ3) is 4.94. The minimum absolute atomic E-state index is 0.131. The van der Waals surface area contributed by atoms with E-state index in [2.05, 4.69) is 30.9 Å². The Labute approximate surface area is 175 Å². The van der Waals surface area contributed by atoms with E-state index in [1.807, 2.05) is 16.8 Å². The third-order valence-electron chi connectivity index (χ3n) is 4.09. The maximum absolute atomic E-state index is 12.0. The van der Waals surface area contributed by atoms with Crippen LogP contribution >= 0.6 is 11.3 Å². The van der Waals surface area contributed by atoms with Crippen molar-refractivity contribution in [2.45, 2.75) is 12.8 Å². The molecule has 1 aromatic carbocycles. The maximum Gasteiger partial charge on any atom is 0.243 e. The lowest BCUT2D eigenvalue weighted by molar-refractivity contribution is -0.124. The number of aromatic nitrogens is 5. The topological polar surface area (TPSA) is 128 Å². The molecule has 0 atom stereocenters. The minimum Gasteiger partial charge on any atom is -0.347 e. The van der Waals surface area contributed by atoms with Gasteiger partial charge in [0.25, 0.3) is 0 Å². The second-order valence-electron chi connectivity index (χ2n) is 6.24. The molecule has 0 saturated carbocycles. The van der Waals surface area contributed by atoms with Gasteiger partial charge in [-0.3, -0.25) is 9.59 Å². The van der Waals surface area contributed by atoms with Gasteiger partial charge in [-0.15, -0.1) is 0 Å². The zero-order valence-electron chi connectivity index (χ0n) is 15.7. The number of rotatable bonds is 8. The highest BCUT2D eigenvalue weighted by atomic mass is 32.1. The largest absolute Gasteiger partial charge is 0.347 e. The van der Waals surface area contributed by atoms with Crippen molar-refractivity contribution in [3.8, 4) is 17.1 Å². The predicted octanol–water partition coefficient (Wildman–Crippen LogP) is 2.07. The average molecular weight is 423 g/mol. The predicted molar refractivity (Wildman–Crippen MR) is 109 cm³/mol. The van der Waals surface area contributed by atoms with E-state index in [0.29, 0.717) is 23.8 Å². The molecule has 30 heavy (non-hydrogen) atoms. The van der Waals surface area contributed by atoms with E-state index in [4.69, 9.17) is 4.52 Å². The number of nitrogens with zero attached hydrogens (tertiary/aromatic N) is 5. The Balaban J connectivity index is 1.20. The monoisotopic (exact) mass is 423 g/mol. The van der Waals surface area contributed by atoms with Crippen molar-refractivity contribution in [3.63, 3.8) is 0 Å². The fourth-order valence-corrected chi connectivity index (χ4v) is 3.23. The summed E-state index contributed by atoms with van der Waals surface area (Å²) < 4.78 is 6.76. The smallest absolute Gasteiger partial charge is 0.243 e. The molecular formula is C19H17N7O3S. The highest BCUT2D eigenvalue weighted by Crippen LogP contribution is 2.19. The van der Waals surface area contributed by atoms with Gasteiger partial charge in [-0.2, -0.15) is 21.4 Å². The van der Waals surface area contributed by atoms with E-state index in [9.17, 15) is 9.59 Å². The van der Waals surface area contributed by atoms with Crippen LogP contribution in [0.1, 0.15) is 12.3 Å². The van der Waals surface area contributed by atoms with Gasteiger partial charge >= 0.3 is 0 Å². The van der Waals surface area contributed by atoms with Crippen molar-refractivity contribution in [3.05, 3.63) is 59.6 Å². The first-order valence-electron chi connectivity index (χ1n) is 9.04. The molecule has 0 bridgehead atoms. The Morgan fingerprint density at radius 3 is 2.73 bits per heavy atom. The SMILES string of the molecule is O=C(CCc1nc(-c2ccsc2)no1)NCC(=O)Nc1ccc(-n2cncn2)cc1. The second kappa shape index (κ2) is 9.09. The lowest BCUT2D eigenvalue weighted by atomic mass is 10.2. The molecule has 0 fully saturated rings.